The number of hydrogen-bond acceptors (Lipinski definition) is 3. The Morgan fingerprint density at radius 1 is 1.35 bits per heavy atom. The van der Waals surface area contributed by atoms with Gasteiger partial charge in [0.15, 0.2) is 0 Å². The Balaban J connectivity index is 0.00000200. The van der Waals surface area contributed by atoms with Crippen LogP contribution in [0.3, 0.4) is 0 Å². The molecule has 1 heterocycles. The van der Waals surface area contributed by atoms with Gasteiger partial charge in [-0.2, -0.15) is 0 Å². The van der Waals surface area contributed by atoms with E-state index in [4.69, 9.17) is 17.3 Å². The average Bonchev–Trinajstić information content (AvgIpc) is 2.83. The Kier molecular flexibility index (Phi) is 7.30. The van der Waals surface area contributed by atoms with E-state index in [0.717, 1.165) is 22.1 Å². The molecule has 0 saturated heterocycles. The molecule has 0 radical (unpaired) electrons. The monoisotopic (exact) mass is 336 g/mol. The van der Waals surface area contributed by atoms with Gasteiger partial charge in [0.25, 0.3) is 0 Å². The lowest BCUT2D eigenvalue weighted by Gasteiger charge is -2.35. The molecule has 1 saturated carbocycles. The molecule has 1 aliphatic rings. The summed E-state index contributed by atoms with van der Waals surface area (Å²) in [5, 5.41) is 2.98. The second-order valence-corrected chi connectivity index (χ2v) is 7.22. The van der Waals surface area contributed by atoms with Crippen molar-refractivity contribution in [3.63, 3.8) is 0 Å². The molecule has 1 amide bonds. The minimum Gasteiger partial charge on any atom is -0.351 e. The number of nitrogens with one attached hydrogen (secondary N) is 1. The lowest BCUT2D eigenvalue weighted by molar-refractivity contribution is -0.124. The Labute approximate surface area is 135 Å². The first kappa shape index (κ1) is 17.8. The molecule has 0 aliphatic heterocycles. The summed E-state index contributed by atoms with van der Waals surface area (Å²) in [5.74, 6) is 0.108. The molecular weight excluding hydrogens is 315 g/mol. The molecule has 3 nitrogen and oxygen atoms in total. The summed E-state index contributed by atoms with van der Waals surface area (Å²) in [7, 11) is 0. The maximum atomic E-state index is 12.1. The minimum atomic E-state index is 0. The number of rotatable bonds is 5. The molecule has 0 unspecified atom stereocenters. The molecule has 3 N–H and O–H groups in total. The Hall–Kier alpha value is -0.290. The van der Waals surface area contributed by atoms with Crippen LogP contribution in [0.5, 0.6) is 0 Å². The van der Waals surface area contributed by atoms with E-state index in [9.17, 15) is 4.79 Å². The number of thiophene rings is 1. The zero-order valence-corrected chi connectivity index (χ0v) is 13.9. The molecule has 0 aromatic carbocycles. The summed E-state index contributed by atoms with van der Waals surface area (Å²) in [6.07, 6.45) is 6.40. The predicted octanol–water partition coefficient (Wildman–Crippen LogP) is 3.74. The Bertz CT molecular complexity index is 431. The van der Waals surface area contributed by atoms with Crippen LogP contribution in [0.15, 0.2) is 12.1 Å². The number of hydrogen-bond donors (Lipinski definition) is 2. The van der Waals surface area contributed by atoms with Crippen LogP contribution in [0.4, 0.5) is 0 Å². The van der Waals surface area contributed by atoms with Gasteiger partial charge >= 0.3 is 0 Å². The highest BCUT2D eigenvalue weighted by Crippen LogP contribution is 2.38. The topological polar surface area (TPSA) is 55.1 Å². The SMILES string of the molecule is Cl.NCC1(CC(=O)NCc2ccc(Cl)s2)CCCCC1. The smallest absolute Gasteiger partial charge is 0.220 e. The van der Waals surface area contributed by atoms with Crippen LogP contribution >= 0.6 is 35.3 Å². The number of nitrogens with two attached hydrogens (primary N) is 1. The van der Waals surface area contributed by atoms with Gasteiger partial charge in [-0.1, -0.05) is 30.9 Å². The fraction of sp³-hybridized carbons (Fsp3) is 0.643. The molecule has 20 heavy (non-hydrogen) atoms. The van der Waals surface area contributed by atoms with Crippen molar-refractivity contribution in [2.45, 2.75) is 45.1 Å². The number of carbonyl (C=O) groups is 1. The van der Waals surface area contributed by atoms with Crippen molar-refractivity contribution in [1.82, 2.24) is 5.32 Å². The van der Waals surface area contributed by atoms with E-state index in [1.54, 1.807) is 0 Å². The van der Waals surface area contributed by atoms with Crippen LogP contribution in [0, 0.1) is 5.41 Å². The van der Waals surface area contributed by atoms with E-state index in [2.05, 4.69) is 5.32 Å². The van der Waals surface area contributed by atoms with Crippen molar-refractivity contribution >= 4 is 41.3 Å². The second kappa shape index (κ2) is 8.23. The molecule has 1 aromatic heterocycles. The zero-order chi connectivity index (χ0) is 13.7. The van der Waals surface area contributed by atoms with Gasteiger partial charge in [-0.3, -0.25) is 4.79 Å². The summed E-state index contributed by atoms with van der Waals surface area (Å²) in [4.78, 5) is 13.1. The third-order valence-corrected chi connectivity index (χ3v) is 5.20. The number of carbonyl (C=O) groups excluding carboxylic acids is 1. The quantitative estimate of drug-likeness (QED) is 0.860. The molecule has 0 spiro atoms. The number of amides is 1. The normalized spacial score (nSPS) is 17.3. The van der Waals surface area contributed by atoms with E-state index in [0.29, 0.717) is 19.5 Å². The largest absolute Gasteiger partial charge is 0.351 e. The van der Waals surface area contributed by atoms with Gasteiger partial charge in [0, 0.05) is 11.3 Å². The number of halogens is 2. The van der Waals surface area contributed by atoms with Crippen molar-refractivity contribution in [2.24, 2.45) is 11.1 Å². The van der Waals surface area contributed by atoms with Crippen LogP contribution in [0.2, 0.25) is 4.34 Å². The molecular formula is C14H22Cl2N2OS. The van der Waals surface area contributed by atoms with Crippen LogP contribution in [0.1, 0.15) is 43.4 Å². The van der Waals surface area contributed by atoms with E-state index >= 15 is 0 Å². The van der Waals surface area contributed by atoms with Gasteiger partial charge in [-0.05, 0) is 36.9 Å². The van der Waals surface area contributed by atoms with Gasteiger partial charge < -0.3 is 11.1 Å². The summed E-state index contributed by atoms with van der Waals surface area (Å²) in [5.41, 5.74) is 5.94. The lowest BCUT2D eigenvalue weighted by atomic mass is 9.71. The van der Waals surface area contributed by atoms with Crippen LogP contribution in [-0.2, 0) is 11.3 Å². The van der Waals surface area contributed by atoms with Crippen molar-refractivity contribution in [1.29, 1.82) is 0 Å². The van der Waals surface area contributed by atoms with Crippen molar-refractivity contribution in [3.8, 4) is 0 Å². The van der Waals surface area contributed by atoms with E-state index < -0.39 is 0 Å². The molecule has 1 aliphatic carbocycles. The Morgan fingerprint density at radius 3 is 2.60 bits per heavy atom. The molecule has 0 atom stereocenters. The summed E-state index contributed by atoms with van der Waals surface area (Å²) in [6.45, 7) is 1.18. The van der Waals surface area contributed by atoms with E-state index in [1.165, 1.54) is 30.6 Å². The van der Waals surface area contributed by atoms with Gasteiger partial charge in [-0.25, -0.2) is 0 Å². The highest BCUT2D eigenvalue weighted by molar-refractivity contribution is 7.16. The van der Waals surface area contributed by atoms with Crippen molar-refractivity contribution < 1.29 is 4.79 Å². The highest BCUT2D eigenvalue weighted by Gasteiger charge is 2.32. The third-order valence-electron chi connectivity index (χ3n) is 3.97. The fourth-order valence-corrected chi connectivity index (χ4v) is 3.82. The molecule has 114 valence electrons. The van der Waals surface area contributed by atoms with Gasteiger partial charge in [0.2, 0.25) is 5.91 Å². The lowest BCUT2D eigenvalue weighted by Crippen LogP contribution is -2.38. The highest BCUT2D eigenvalue weighted by atomic mass is 35.5. The molecule has 6 heteroatoms. The first-order chi connectivity index (χ1) is 9.13. The van der Waals surface area contributed by atoms with Gasteiger partial charge in [0.1, 0.15) is 0 Å². The zero-order valence-electron chi connectivity index (χ0n) is 11.5. The van der Waals surface area contributed by atoms with Crippen LogP contribution in [-0.4, -0.2) is 12.5 Å². The predicted molar refractivity (Wildman–Crippen MR) is 87.6 cm³/mol. The van der Waals surface area contributed by atoms with E-state index in [-0.39, 0.29) is 23.7 Å². The molecule has 1 fully saturated rings. The first-order valence-corrected chi connectivity index (χ1v) is 8.04. The van der Waals surface area contributed by atoms with Crippen LogP contribution in [0.25, 0.3) is 0 Å². The fourth-order valence-electron chi connectivity index (χ4n) is 2.79. The first-order valence-electron chi connectivity index (χ1n) is 6.85. The third kappa shape index (κ3) is 4.92. The summed E-state index contributed by atoms with van der Waals surface area (Å²) < 4.78 is 0.759. The summed E-state index contributed by atoms with van der Waals surface area (Å²) >= 11 is 7.37. The van der Waals surface area contributed by atoms with Gasteiger partial charge in [-0.15, -0.1) is 23.7 Å². The van der Waals surface area contributed by atoms with E-state index in [1.807, 2.05) is 12.1 Å². The van der Waals surface area contributed by atoms with Crippen molar-refractivity contribution in [3.05, 3.63) is 21.3 Å². The van der Waals surface area contributed by atoms with Gasteiger partial charge in [0.05, 0.1) is 10.9 Å². The molecule has 1 aromatic rings. The maximum absolute atomic E-state index is 12.1. The molecule has 2 rings (SSSR count). The molecule has 0 bridgehead atoms. The summed E-state index contributed by atoms with van der Waals surface area (Å²) in [6, 6.07) is 3.81. The van der Waals surface area contributed by atoms with Crippen molar-refractivity contribution in [2.75, 3.05) is 6.54 Å². The minimum absolute atomic E-state index is 0. The maximum Gasteiger partial charge on any atom is 0.220 e. The Morgan fingerprint density at radius 2 is 2.05 bits per heavy atom. The standard InChI is InChI=1S/C14H21ClN2OS.ClH/c15-12-5-4-11(19-12)9-17-13(18)8-14(10-16)6-2-1-3-7-14;/h4-5H,1-3,6-10,16H2,(H,17,18);1H. The average molecular weight is 337 g/mol. The van der Waals surface area contributed by atoms with Crippen LogP contribution < -0.4 is 11.1 Å². The second-order valence-electron chi connectivity index (χ2n) is 5.42.